The molecule has 3 aliphatic rings. The van der Waals surface area contributed by atoms with Gasteiger partial charge in [-0.3, -0.25) is 0 Å². The lowest BCUT2D eigenvalue weighted by molar-refractivity contribution is 0.0810. The van der Waals surface area contributed by atoms with Crippen LogP contribution in [0.15, 0.2) is 23.8 Å². The molecule has 0 heterocycles. The first-order valence-electron chi connectivity index (χ1n) is 10.1. The molecule has 2 heteroatoms. The number of unbranched alkanes of at least 4 members (excludes halogenated alkanes) is 1. The molecule has 0 bridgehead atoms. The molecular weight excluding hydrogens is 311 g/mol. The number of allylic oxidation sites excluding steroid dienone is 2. The van der Waals surface area contributed by atoms with Gasteiger partial charge >= 0.3 is 0 Å². The van der Waals surface area contributed by atoms with E-state index in [1.165, 1.54) is 56.1 Å². The third kappa shape index (κ3) is 2.64. The normalized spacial score (nSPS) is 35.2. The topological polar surface area (TPSA) is 9.23 Å². The molecule has 4 rings (SSSR count). The summed E-state index contributed by atoms with van der Waals surface area (Å²) < 4.78 is 19.4. The van der Waals surface area contributed by atoms with Crippen LogP contribution in [0.5, 0.6) is 5.75 Å². The zero-order valence-electron chi connectivity index (χ0n) is 15.9. The van der Waals surface area contributed by atoms with Crippen LogP contribution in [0.3, 0.4) is 0 Å². The highest BCUT2D eigenvalue weighted by Crippen LogP contribution is 2.63. The first kappa shape index (κ1) is 17.1. The van der Waals surface area contributed by atoms with Crippen molar-refractivity contribution in [2.45, 2.75) is 71.1 Å². The van der Waals surface area contributed by atoms with Crippen LogP contribution in [-0.2, 0) is 6.42 Å². The third-order valence-electron chi connectivity index (χ3n) is 7.52. The summed E-state index contributed by atoms with van der Waals surface area (Å²) >= 11 is 0. The van der Waals surface area contributed by atoms with Gasteiger partial charge in [0.15, 0.2) is 11.6 Å². The van der Waals surface area contributed by atoms with Gasteiger partial charge in [0.1, 0.15) is 0 Å². The standard InChI is InChI=1S/C23H31FO/c1-4-5-6-16-8-10-20-18-9-7-15-13-21(24)22(25-3)14-19(15)17(18)11-12-23(16,20)2/h6,13-14,17-18,20H,4-5,7-12H2,1-3H3/b16-6-/t17?,18?,20?,23-/m1/s1. The van der Waals surface area contributed by atoms with Crippen LogP contribution < -0.4 is 4.74 Å². The second-order valence-corrected chi connectivity index (χ2v) is 8.61. The average Bonchev–Trinajstić information content (AvgIpc) is 2.95. The Hall–Kier alpha value is -1.31. The molecule has 1 aromatic rings. The van der Waals surface area contributed by atoms with Gasteiger partial charge in [-0.25, -0.2) is 4.39 Å². The quantitative estimate of drug-likeness (QED) is 0.576. The van der Waals surface area contributed by atoms with Crippen molar-refractivity contribution in [1.29, 1.82) is 0 Å². The number of hydrogen-bond acceptors (Lipinski definition) is 1. The number of fused-ring (bicyclic) bond motifs is 5. The molecule has 0 spiro atoms. The molecule has 0 amide bonds. The summed E-state index contributed by atoms with van der Waals surface area (Å²) in [4.78, 5) is 0. The van der Waals surface area contributed by atoms with Crippen molar-refractivity contribution in [3.05, 3.63) is 40.7 Å². The Bertz CT molecular complexity index is 692. The Morgan fingerprint density at radius 1 is 1.24 bits per heavy atom. The van der Waals surface area contributed by atoms with E-state index in [-0.39, 0.29) is 5.82 Å². The molecule has 3 aliphatic carbocycles. The molecule has 0 saturated heterocycles. The van der Waals surface area contributed by atoms with Crippen molar-refractivity contribution in [3.63, 3.8) is 0 Å². The highest BCUT2D eigenvalue weighted by Gasteiger charge is 2.52. The maximum absolute atomic E-state index is 14.1. The SMILES string of the molecule is CCC/C=C1/CCC2C3CCc4cc(F)c(OC)cc4C3CC[C@]12C. The number of ether oxygens (including phenoxy) is 1. The summed E-state index contributed by atoms with van der Waals surface area (Å²) in [6.45, 7) is 4.80. The van der Waals surface area contributed by atoms with E-state index in [0.717, 1.165) is 18.3 Å². The Labute approximate surface area is 151 Å². The lowest BCUT2D eigenvalue weighted by atomic mass is 9.55. The molecule has 1 aromatic carbocycles. The number of aryl methyl sites for hydroxylation is 1. The lowest BCUT2D eigenvalue weighted by Gasteiger charge is -2.49. The van der Waals surface area contributed by atoms with Gasteiger partial charge in [0, 0.05) is 0 Å². The van der Waals surface area contributed by atoms with E-state index in [1.54, 1.807) is 18.7 Å². The van der Waals surface area contributed by atoms with Crippen molar-refractivity contribution in [3.8, 4) is 5.75 Å². The van der Waals surface area contributed by atoms with Crippen LogP contribution in [0.2, 0.25) is 0 Å². The fourth-order valence-corrected chi connectivity index (χ4v) is 6.23. The number of halogens is 1. The smallest absolute Gasteiger partial charge is 0.165 e. The molecular formula is C23H31FO. The van der Waals surface area contributed by atoms with Crippen molar-refractivity contribution in [2.24, 2.45) is 17.3 Å². The van der Waals surface area contributed by atoms with Crippen molar-refractivity contribution < 1.29 is 9.13 Å². The van der Waals surface area contributed by atoms with Crippen LogP contribution in [0.25, 0.3) is 0 Å². The summed E-state index contributed by atoms with van der Waals surface area (Å²) in [5, 5.41) is 0. The monoisotopic (exact) mass is 342 g/mol. The van der Waals surface area contributed by atoms with Crippen molar-refractivity contribution >= 4 is 0 Å². The maximum atomic E-state index is 14.1. The van der Waals surface area contributed by atoms with Crippen LogP contribution in [0, 0.1) is 23.1 Å². The Balaban J connectivity index is 1.66. The molecule has 4 atom stereocenters. The summed E-state index contributed by atoms with van der Waals surface area (Å²) in [7, 11) is 1.57. The van der Waals surface area contributed by atoms with E-state index in [4.69, 9.17) is 4.74 Å². The minimum Gasteiger partial charge on any atom is -0.494 e. The fraction of sp³-hybridized carbons (Fsp3) is 0.652. The first-order chi connectivity index (χ1) is 12.1. The maximum Gasteiger partial charge on any atom is 0.165 e. The minimum absolute atomic E-state index is 0.203. The Morgan fingerprint density at radius 2 is 2.08 bits per heavy atom. The van der Waals surface area contributed by atoms with Crippen molar-refractivity contribution in [2.75, 3.05) is 7.11 Å². The van der Waals surface area contributed by atoms with Gasteiger partial charge < -0.3 is 4.74 Å². The molecule has 2 saturated carbocycles. The van der Waals surface area contributed by atoms with Gasteiger partial charge in [-0.05, 0) is 91.4 Å². The molecule has 2 fully saturated rings. The van der Waals surface area contributed by atoms with E-state index in [2.05, 4.69) is 19.9 Å². The zero-order valence-corrected chi connectivity index (χ0v) is 15.9. The highest BCUT2D eigenvalue weighted by molar-refractivity contribution is 5.42. The number of benzene rings is 1. The largest absolute Gasteiger partial charge is 0.494 e. The zero-order chi connectivity index (χ0) is 17.6. The Kier molecular flexibility index (Phi) is 4.42. The molecule has 0 aliphatic heterocycles. The fourth-order valence-electron chi connectivity index (χ4n) is 6.23. The minimum atomic E-state index is -0.203. The summed E-state index contributed by atoms with van der Waals surface area (Å²) in [5.74, 6) is 2.38. The van der Waals surface area contributed by atoms with E-state index >= 15 is 0 Å². The van der Waals surface area contributed by atoms with Crippen LogP contribution in [0.1, 0.15) is 75.8 Å². The van der Waals surface area contributed by atoms with Crippen LogP contribution in [0.4, 0.5) is 4.39 Å². The van der Waals surface area contributed by atoms with E-state index in [9.17, 15) is 4.39 Å². The number of hydrogen-bond donors (Lipinski definition) is 0. The summed E-state index contributed by atoms with van der Waals surface area (Å²) in [6.07, 6.45) is 12.4. The Morgan fingerprint density at radius 3 is 2.84 bits per heavy atom. The highest BCUT2D eigenvalue weighted by atomic mass is 19.1. The van der Waals surface area contributed by atoms with Crippen LogP contribution >= 0.6 is 0 Å². The van der Waals surface area contributed by atoms with Gasteiger partial charge in [-0.2, -0.15) is 0 Å². The molecule has 1 nitrogen and oxygen atoms in total. The lowest BCUT2D eigenvalue weighted by Crippen LogP contribution is -2.40. The van der Waals surface area contributed by atoms with Crippen LogP contribution in [-0.4, -0.2) is 7.11 Å². The molecule has 136 valence electrons. The third-order valence-corrected chi connectivity index (χ3v) is 7.52. The number of rotatable bonds is 3. The van der Waals surface area contributed by atoms with Gasteiger partial charge in [0.05, 0.1) is 7.11 Å². The first-order valence-corrected chi connectivity index (χ1v) is 10.1. The summed E-state index contributed by atoms with van der Waals surface area (Å²) in [5.41, 5.74) is 4.75. The summed E-state index contributed by atoms with van der Waals surface area (Å²) in [6, 6.07) is 3.74. The molecule has 0 aromatic heterocycles. The molecule has 3 unspecified atom stereocenters. The second-order valence-electron chi connectivity index (χ2n) is 8.61. The predicted molar refractivity (Wildman–Crippen MR) is 101 cm³/mol. The van der Waals surface area contributed by atoms with E-state index in [0.29, 0.717) is 17.1 Å². The second kappa shape index (κ2) is 6.45. The molecule has 0 radical (unpaired) electrons. The van der Waals surface area contributed by atoms with Gasteiger partial charge in [0.25, 0.3) is 0 Å². The van der Waals surface area contributed by atoms with Crippen molar-refractivity contribution in [1.82, 2.24) is 0 Å². The van der Waals surface area contributed by atoms with Gasteiger partial charge in [-0.1, -0.05) is 31.9 Å². The average molecular weight is 342 g/mol. The molecule has 0 N–H and O–H groups in total. The molecule has 25 heavy (non-hydrogen) atoms. The van der Waals surface area contributed by atoms with Gasteiger partial charge in [0.2, 0.25) is 0 Å². The predicted octanol–water partition coefficient (Wildman–Crippen LogP) is 6.42. The van der Waals surface area contributed by atoms with E-state index in [1.807, 2.05) is 6.07 Å². The van der Waals surface area contributed by atoms with E-state index < -0.39 is 0 Å². The van der Waals surface area contributed by atoms with Gasteiger partial charge in [-0.15, -0.1) is 0 Å². The number of methoxy groups -OCH3 is 1.